The molecule has 1 aliphatic heterocycles. The lowest BCUT2D eigenvalue weighted by atomic mass is 9.95. The number of nitrogens with zero attached hydrogens (tertiary/aromatic N) is 5. The number of nitrogens with two attached hydrogens (primary N) is 1. The van der Waals surface area contributed by atoms with Crippen LogP contribution in [-0.4, -0.2) is 55.0 Å². The van der Waals surface area contributed by atoms with Gasteiger partial charge in [-0.05, 0) is 57.9 Å². The Balaban J connectivity index is 0.000000223. The summed E-state index contributed by atoms with van der Waals surface area (Å²) >= 11 is 6.36. The predicted molar refractivity (Wildman–Crippen MR) is 163 cm³/mol. The van der Waals surface area contributed by atoms with Crippen LogP contribution in [0.2, 0.25) is 0 Å². The largest absolute Gasteiger partial charge is 0.462 e. The summed E-state index contributed by atoms with van der Waals surface area (Å²) in [6.07, 6.45) is 5.56. The number of rotatable bonds is 5. The summed E-state index contributed by atoms with van der Waals surface area (Å²) in [4.78, 5) is 18.5. The average Bonchev–Trinajstić information content (AvgIpc) is 3.61. The van der Waals surface area contributed by atoms with E-state index in [9.17, 15) is 4.79 Å². The number of halogens is 1. The van der Waals surface area contributed by atoms with Crippen molar-refractivity contribution in [2.45, 2.75) is 39.5 Å². The minimum absolute atomic E-state index is 0. The third-order valence-corrected chi connectivity index (χ3v) is 7.89. The first-order valence-corrected chi connectivity index (χ1v) is 14.0. The van der Waals surface area contributed by atoms with E-state index in [0.29, 0.717) is 29.7 Å². The minimum Gasteiger partial charge on any atom is -0.462 e. The molecule has 0 amide bonds. The summed E-state index contributed by atoms with van der Waals surface area (Å²) in [5, 5.41) is 9.68. The fourth-order valence-corrected chi connectivity index (χ4v) is 6.23. The molecular weight excluding hydrogens is 568 g/mol. The van der Waals surface area contributed by atoms with Crippen molar-refractivity contribution in [1.29, 1.82) is 0 Å². The Morgan fingerprint density at radius 1 is 1.07 bits per heavy atom. The Morgan fingerprint density at radius 2 is 1.70 bits per heavy atom. The zero-order valence-electron chi connectivity index (χ0n) is 22.5. The fourth-order valence-electron chi connectivity index (χ4n) is 4.83. The van der Waals surface area contributed by atoms with Gasteiger partial charge in [0, 0.05) is 31.5 Å². The summed E-state index contributed by atoms with van der Waals surface area (Å²) in [6.45, 7) is 7.47. The predicted octanol–water partition coefficient (Wildman–Crippen LogP) is 5.54. The zero-order valence-corrected chi connectivity index (χ0v) is 24.9. The van der Waals surface area contributed by atoms with E-state index in [4.69, 9.17) is 32.4 Å². The number of aryl methyl sites for hydroxylation is 2. The quantitative estimate of drug-likeness (QED) is 0.208. The smallest absolute Gasteiger partial charge is 0.350 e. The maximum atomic E-state index is 12.5. The topological polar surface area (TPSA) is 109 Å². The van der Waals surface area contributed by atoms with Crippen LogP contribution in [0.5, 0.6) is 0 Å². The van der Waals surface area contributed by atoms with E-state index in [1.165, 1.54) is 11.3 Å². The Hall–Kier alpha value is -3.38. The van der Waals surface area contributed by atoms with Gasteiger partial charge in [0.1, 0.15) is 14.9 Å². The molecule has 0 saturated carbocycles. The number of thiocarbonyl (C=S) groups is 1. The molecule has 2 N–H and O–H groups in total. The van der Waals surface area contributed by atoms with Gasteiger partial charge in [-0.1, -0.05) is 24.4 Å². The third-order valence-electron chi connectivity index (χ3n) is 6.61. The highest BCUT2D eigenvalue weighted by atomic mass is 35.5. The van der Waals surface area contributed by atoms with Crippen molar-refractivity contribution in [3.8, 4) is 10.6 Å². The second-order valence-electron chi connectivity index (χ2n) is 9.19. The van der Waals surface area contributed by atoms with Crippen molar-refractivity contribution in [2.24, 2.45) is 5.73 Å². The van der Waals surface area contributed by atoms with Gasteiger partial charge >= 0.3 is 5.97 Å². The van der Waals surface area contributed by atoms with Gasteiger partial charge in [0.15, 0.2) is 0 Å². The fraction of sp³-hybridized carbons (Fsp3) is 0.321. The summed E-state index contributed by atoms with van der Waals surface area (Å²) in [5.74, 6) is -0.0535. The number of carbonyl (C=O) groups excluding carboxylic acids is 1. The second kappa shape index (κ2) is 12.9. The normalized spacial score (nSPS) is 13.5. The molecule has 0 bridgehead atoms. The Labute approximate surface area is 247 Å². The van der Waals surface area contributed by atoms with Crippen LogP contribution in [0.1, 0.15) is 58.0 Å². The van der Waals surface area contributed by atoms with Crippen LogP contribution in [0, 0.1) is 13.8 Å². The molecule has 12 heteroatoms. The summed E-state index contributed by atoms with van der Waals surface area (Å²) in [5.41, 5.74) is 12.0. The van der Waals surface area contributed by atoms with Crippen LogP contribution in [0.15, 0.2) is 48.8 Å². The first kappa shape index (κ1) is 29.6. The van der Waals surface area contributed by atoms with Gasteiger partial charge in [-0.15, -0.1) is 23.7 Å². The van der Waals surface area contributed by atoms with Crippen molar-refractivity contribution in [3.05, 3.63) is 76.3 Å². The van der Waals surface area contributed by atoms with Gasteiger partial charge in [0.25, 0.3) is 0 Å². The molecule has 0 radical (unpaired) electrons. The molecule has 0 spiro atoms. The van der Waals surface area contributed by atoms with E-state index in [1.54, 1.807) is 4.52 Å². The number of hydrogen-bond donors (Lipinski definition) is 1. The van der Waals surface area contributed by atoms with Crippen LogP contribution in [-0.2, 0) is 9.47 Å². The molecule has 0 aliphatic carbocycles. The molecule has 1 aliphatic rings. The molecule has 210 valence electrons. The van der Waals surface area contributed by atoms with Gasteiger partial charge < -0.3 is 15.2 Å². The van der Waals surface area contributed by atoms with Crippen LogP contribution in [0.25, 0.3) is 21.6 Å². The standard InChI is InChI=1S/C19H21N3O3S.C9H9N3S.ClH/c1-3-25-19(23)17-16(13-7-10-24-11-8-13)20-18(26-17)15-12(2)21-22-9-5-4-6-14(15)22;1-6-8(9(10)13)7-4-2-3-5-12(7)11-6;/h4-6,9,13H,3,7-8,10-11H2,1-2H3;2-5H,1H3,(H2,10,13);1H. The highest BCUT2D eigenvalue weighted by molar-refractivity contribution is 7.80. The summed E-state index contributed by atoms with van der Waals surface area (Å²) in [7, 11) is 0. The van der Waals surface area contributed by atoms with Crippen LogP contribution in [0.3, 0.4) is 0 Å². The number of fused-ring (bicyclic) bond motifs is 2. The molecule has 9 nitrogen and oxygen atoms in total. The minimum atomic E-state index is -0.285. The number of esters is 1. The van der Waals surface area contributed by atoms with E-state index < -0.39 is 0 Å². The third kappa shape index (κ3) is 5.87. The monoisotopic (exact) mass is 598 g/mol. The van der Waals surface area contributed by atoms with Crippen molar-refractivity contribution >= 4 is 58.0 Å². The summed E-state index contributed by atoms with van der Waals surface area (Å²) in [6, 6.07) is 11.8. The number of ether oxygens (including phenoxy) is 2. The van der Waals surface area contributed by atoms with Crippen molar-refractivity contribution in [3.63, 3.8) is 0 Å². The Bertz CT molecular complexity index is 1650. The highest BCUT2D eigenvalue weighted by Crippen LogP contribution is 2.38. The van der Waals surface area contributed by atoms with E-state index >= 15 is 0 Å². The molecule has 6 rings (SSSR count). The molecule has 5 aromatic rings. The first-order chi connectivity index (χ1) is 18.9. The maximum Gasteiger partial charge on any atom is 0.350 e. The molecule has 0 unspecified atom stereocenters. The SMILES string of the molecule is CCOC(=O)c1sc(-c2c(C)nn3ccccc23)nc1C1CCOCC1.Cc1nn2ccccc2c1C(N)=S.Cl. The van der Waals surface area contributed by atoms with Crippen LogP contribution in [0.4, 0.5) is 0 Å². The lowest BCUT2D eigenvalue weighted by molar-refractivity contribution is 0.0524. The van der Waals surface area contributed by atoms with E-state index in [-0.39, 0.29) is 24.3 Å². The average molecular weight is 599 g/mol. The van der Waals surface area contributed by atoms with E-state index in [0.717, 1.165) is 57.1 Å². The molecule has 1 saturated heterocycles. The lowest BCUT2D eigenvalue weighted by Crippen LogP contribution is -2.17. The van der Waals surface area contributed by atoms with Gasteiger partial charge in [0.2, 0.25) is 0 Å². The molecule has 1 fully saturated rings. The number of thiazole rings is 1. The Morgan fingerprint density at radius 3 is 2.35 bits per heavy atom. The number of pyridine rings is 2. The van der Waals surface area contributed by atoms with Crippen molar-refractivity contribution in [2.75, 3.05) is 19.8 Å². The number of hydrogen-bond acceptors (Lipinski definition) is 8. The molecule has 0 aromatic carbocycles. The molecule has 0 atom stereocenters. The molecular formula is C28H31ClN6O3S2. The van der Waals surface area contributed by atoms with Crippen LogP contribution >= 0.6 is 36.0 Å². The van der Waals surface area contributed by atoms with E-state index in [2.05, 4.69) is 10.2 Å². The molecule has 5 aromatic heterocycles. The summed E-state index contributed by atoms with van der Waals surface area (Å²) < 4.78 is 14.4. The number of aromatic nitrogens is 5. The lowest BCUT2D eigenvalue weighted by Gasteiger charge is -2.21. The van der Waals surface area contributed by atoms with Gasteiger partial charge in [0.05, 0.1) is 45.8 Å². The van der Waals surface area contributed by atoms with Gasteiger partial charge in [-0.25, -0.2) is 18.8 Å². The molecule has 6 heterocycles. The van der Waals surface area contributed by atoms with Crippen LogP contribution < -0.4 is 5.73 Å². The number of carbonyl (C=O) groups is 1. The Kier molecular flexibility index (Phi) is 9.52. The van der Waals surface area contributed by atoms with Crippen molar-refractivity contribution in [1.82, 2.24) is 24.2 Å². The zero-order chi connectivity index (χ0) is 27.5. The van der Waals surface area contributed by atoms with E-state index in [1.807, 2.05) is 74.1 Å². The molecule has 40 heavy (non-hydrogen) atoms. The second-order valence-corrected chi connectivity index (χ2v) is 10.6. The van der Waals surface area contributed by atoms with Gasteiger partial charge in [-0.3, -0.25) is 0 Å². The maximum absolute atomic E-state index is 12.5. The first-order valence-electron chi connectivity index (χ1n) is 12.8. The highest BCUT2D eigenvalue weighted by Gasteiger charge is 2.29. The van der Waals surface area contributed by atoms with Crippen molar-refractivity contribution < 1.29 is 14.3 Å². The van der Waals surface area contributed by atoms with Gasteiger partial charge in [-0.2, -0.15) is 10.2 Å².